The molecule has 1 aliphatic rings. The van der Waals surface area contributed by atoms with Gasteiger partial charge in [0, 0.05) is 36.7 Å². The van der Waals surface area contributed by atoms with Gasteiger partial charge in [-0.15, -0.1) is 0 Å². The topological polar surface area (TPSA) is 50.2 Å². The predicted octanol–water partition coefficient (Wildman–Crippen LogP) is 2.43. The third-order valence-electron chi connectivity index (χ3n) is 3.84. The number of benzene rings is 1. The van der Waals surface area contributed by atoms with E-state index in [9.17, 15) is 4.79 Å². The maximum absolute atomic E-state index is 12.5. The number of hydrogen-bond donors (Lipinski definition) is 1. The highest BCUT2D eigenvalue weighted by atomic mass is 16.2. The second-order valence-corrected chi connectivity index (χ2v) is 5.66. The number of rotatable bonds is 3. The van der Waals surface area contributed by atoms with Crippen LogP contribution in [0.2, 0.25) is 0 Å². The molecule has 2 atom stereocenters. The van der Waals surface area contributed by atoms with Crippen molar-refractivity contribution >= 4 is 11.7 Å². The third kappa shape index (κ3) is 2.77. The Morgan fingerprint density at radius 2 is 2.29 bits per heavy atom. The molecule has 0 saturated heterocycles. The number of para-hydroxylation sites is 1. The fourth-order valence-corrected chi connectivity index (χ4v) is 2.91. The Bertz CT molecular complexity index is 623. The highest BCUT2D eigenvalue weighted by molar-refractivity contribution is 5.95. The van der Waals surface area contributed by atoms with E-state index in [4.69, 9.17) is 0 Å². The van der Waals surface area contributed by atoms with Crippen LogP contribution in [0.3, 0.4) is 0 Å². The fraction of sp³-hybridized carbons (Fsp3) is 0.375. The summed E-state index contributed by atoms with van der Waals surface area (Å²) in [5.74, 6) is 0. The Morgan fingerprint density at radius 3 is 3.05 bits per heavy atom. The molecule has 0 bridgehead atoms. The van der Waals surface area contributed by atoms with Gasteiger partial charge in [0.25, 0.3) is 0 Å². The first-order valence-electron chi connectivity index (χ1n) is 7.28. The standard InChI is InChI=1S/C16H20N4O/c1-12(10-19-8-7-17-11-19)18-16(21)20-13(2)9-14-5-3-4-6-15(14)20/h3-8,11-13H,9-10H2,1-2H3,(H,18,21)/t12-,13-/m1/s1. The molecule has 0 spiro atoms. The molecule has 0 fully saturated rings. The van der Waals surface area contributed by atoms with Crippen LogP contribution in [0.5, 0.6) is 0 Å². The van der Waals surface area contributed by atoms with Gasteiger partial charge in [0.1, 0.15) is 0 Å². The first-order valence-corrected chi connectivity index (χ1v) is 7.28. The molecular weight excluding hydrogens is 264 g/mol. The van der Waals surface area contributed by atoms with Crippen LogP contribution in [-0.4, -0.2) is 27.7 Å². The average molecular weight is 284 g/mol. The molecule has 3 rings (SSSR count). The lowest BCUT2D eigenvalue weighted by molar-refractivity contribution is 0.241. The van der Waals surface area contributed by atoms with Crippen molar-refractivity contribution in [2.24, 2.45) is 0 Å². The summed E-state index contributed by atoms with van der Waals surface area (Å²) in [5.41, 5.74) is 2.26. The monoisotopic (exact) mass is 284 g/mol. The Balaban J connectivity index is 1.68. The van der Waals surface area contributed by atoms with E-state index in [2.05, 4.69) is 23.3 Å². The van der Waals surface area contributed by atoms with E-state index >= 15 is 0 Å². The zero-order valence-corrected chi connectivity index (χ0v) is 12.4. The second-order valence-electron chi connectivity index (χ2n) is 5.66. The Labute approximate surface area is 124 Å². The number of aromatic nitrogens is 2. The van der Waals surface area contributed by atoms with Gasteiger partial charge in [0.2, 0.25) is 0 Å². The van der Waals surface area contributed by atoms with Crippen LogP contribution in [0.15, 0.2) is 43.0 Å². The average Bonchev–Trinajstić information content (AvgIpc) is 3.04. The minimum Gasteiger partial charge on any atom is -0.335 e. The molecule has 5 heteroatoms. The number of urea groups is 1. The van der Waals surface area contributed by atoms with Crippen molar-refractivity contribution in [3.63, 3.8) is 0 Å². The highest BCUT2D eigenvalue weighted by Crippen LogP contribution is 2.31. The van der Waals surface area contributed by atoms with Gasteiger partial charge in [-0.3, -0.25) is 4.90 Å². The first-order chi connectivity index (χ1) is 10.1. The van der Waals surface area contributed by atoms with Crippen LogP contribution in [-0.2, 0) is 13.0 Å². The van der Waals surface area contributed by atoms with Crippen LogP contribution < -0.4 is 10.2 Å². The fourth-order valence-electron chi connectivity index (χ4n) is 2.91. The van der Waals surface area contributed by atoms with Gasteiger partial charge in [-0.25, -0.2) is 9.78 Å². The maximum atomic E-state index is 12.5. The molecule has 2 amide bonds. The van der Waals surface area contributed by atoms with Crippen LogP contribution in [0.4, 0.5) is 10.5 Å². The Kier molecular flexibility index (Phi) is 3.64. The van der Waals surface area contributed by atoms with Gasteiger partial charge in [0.15, 0.2) is 0 Å². The van der Waals surface area contributed by atoms with Crippen LogP contribution in [0.25, 0.3) is 0 Å². The number of imidazole rings is 1. The number of hydrogen-bond acceptors (Lipinski definition) is 2. The molecule has 21 heavy (non-hydrogen) atoms. The Hall–Kier alpha value is -2.30. The SMILES string of the molecule is C[C@H](Cn1ccnc1)NC(=O)N1c2ccccc2C[C@H]1C. The molecule has 1 N–H and O–H groups in total. The summed E-state index contributed by atoms with van der Waals surface area (Å²) in [7, 11) is 0. The number of carbonyl (C=O) groups is 1. The number of anilines is 1. The molecule has 0 aliphatic carbocycles. The van der Waals surface area contributed by atoms with E-state index in [0.29, 0.717) is 0 Å². The predicted molar refractivity (Wildman–Crippen MR) is 82.3 cm³/mol. The van der Waals surface area contributed by atoms with E-state index in [1.165, 1.54) is 5.56 Å². The van der Waals surface area contributed by atoms with Crippen LogP contribution >= 0.6 is 0 Å². The third-order valence-corrected chi connectivity index (χ3v) is 3.84. The first kappa shape index (κ1) is 13.7. The van der Waals surface area contributed by atoms with Crippen molar-refractivity contribution < 1.29 is 4.79 Å². The van der Waals surface area contributed by atoms with Gasteiger partial charge in [-0.05, 0) is 31.9 Å². The minimum atomic E-state index is -0.0277. The lowest BCUT2D eigenvalue weighted by atomic mass is 10.1. The van der Waals surface area contributed by atoms with Crippen molar-refractivity contribution in [1.82, 2.24) is 14.9 Å². The highest BCUT2D eigenvalue weighted by Gasteiger charge is 2.30. The van der Waals surface area contributed by atoms with Crippen molar-refractivity contribution in [3.05, 3.63) is 48.5 Å². The summed E-state index contributed by atoms with van der Waals surface area (Å²) in [4.78, 5) is 18.4. The smallest absolute Gasteiger partial charge is 0.322 e. The van der Waals surface area contributed by atoms with Crippen molar-refractivity contribution in [1.29, 1.82) is 0 Å². The second kappa shape index (κ2) is 5.60. The molecule has 1 aliphatic heterocycles. The normalized spacial score (nSPS) is 18.4. The summed E-state index contributed by atoms with van der Waals surface area (Å²) in [6, 6.07) is 8.32. The molecule has 0 saturated carbocycles. The summed E-state index contributed by atoms with van der Waals surface area (Å²) < 4.78 is 1.96. The minimum absolute atomic E-state index is 0.0277. The number of amides is 2. The molecule has 1 aromatic carbocycles. The quantitative estimate of drug-likeness (QED) is 0.941. The van der Waals surface area contributed by atoms with Gasteiger partial charge in [-0.1, -0.05) is 18.2 Å². The summed E-state index contributed by atoms with van der Waals surface area (Å²) >= 11 is 0. The number of carbonyl (C=O) groups excluding carboxylic acids is 1. The molecule has 110 valence electrons. The van der Waals surface area contributed by atoms with E-state index in [-0.39, 0.29) is 18.1 Å². The molecule has 2 heterocycles. The molecule has 5 nitrogen and oxygen atoms in total. The zero-order chi connectivity index (χ0) is 14.8. The molecule has 0 radical (unpaired) electrons. The number of nitrogens with zero attached hydrogens (tertiary/aromatic N) is 3. The molecule has 1 aromatic heterocycles. The number of fused-ring (bicyclic) bond motifs is 1. The summed E-state index contributed by atoms with van der Waals surface area (Å²) in [6.45, 7) is 4.81. The van der Waals surface area contributed by atoms with E-state index < -0.39 is 0 Å². The number of nitrogens with one attached hydrogen (secondary N) is 1. The summed E-state index contributed by atoms with van der Waals surface area (Å²) in [6.07, 6.45) is 6.32. The van der Waals surface area contributed by atoms with Crippen molar-refractivity contribution in [2.45, 2.75) is 38.9 Å². The lowest BCUT2D eigenvalue weighted by Crippen LogP contribution is -2.47. The zero-order valence-electron chi connectivity index (χ0n) is 12.4. The van der Waals surface area contributed by atoms with E-state index in [1.807, 2.05) is 40.8 Å². The van der Waals surface area contributed by atoms with Crippen molar-refractivity contribution in [2.75, 3.05) is 4.90 Å². The Morgan fingerprint density at radius 1 is 1.48 bits per heavy atom. The molecular formula is C16H20N4O. The molecule has 0 unspecified atom stereocenters. The van der Waals surface area contributed by atoms with E-state index in [0.717, 1.165) is 18.7 Å². The molecule has 2 aromatic rings. The van der Waals surface area contributed by atoms with Crippen LogP contribution in [0, 0.1) is 0 Å². The largest absolute Gasteiger partial charge is 0.335 e. The van der Waals surface area contributed by atoms with Gasteiger partial charge in [-0.2, -0.15) is 0 Å². The van der Waals surface area contributed by atoms with Gasteiger partial charge >= 0.3 is 6.03 Å². The maximum Gasteiger partial charge on any atom is 0.322 e. The lowest BCUT2D eigenvalue weighted by Gasteiger charge is -2.25. The van der Waals surface area contributed by atoms with Gasteiger partial charge < -0.3 is 9.88 Å². The van der Waals surface area contributed by atoms with Crippen molar-refractivity contribution in [3.8, 4) is 0 Å². The van der Waals surface area contributed by atoms with E-state index in [1.54, 1.807) is 12.5 Å². The summed E-state index contributed by atoms with van der Waals surface area (Å²) in [5, 5.41) is 3.07. The van der Waals surface area contributed by atoms with Gasteiger partial charge in [0.05, 0.1) is 6.33 Å². The van der Waals surface area contributed by atoms with Crippen LogP contribution in [0.1, 0.15) is 19.4 Å².